The first-order chi connectivity index (χ1) is 6.02. The van der Waals surface area contributed by atoms with Gasteiger partial charge < -0.3 is 15.1 Å². The molecule has 13 heavy (non-hydrogen) atoms. The maximum absolute atomic E-state index is 13.1. The summed E-state index contributed by atoms with van der Waals surface area (Å²) in [7, 11) is 3.51. The fourth-order valence-corrected chi connectivity index (χ4v) is 1.07. The number of aromatic hydroxyl groups is 2. The molecule has 3 nitrogen and oxygen atoms in total. The van der Waals surface area contributed by atoms with Crippen LogP contribution in [0.5, 0.6) is 11.5 Å². The molecule has 0 atom stereocenters. The van der Waals surface area contributed by atoms with E-state index in [0.717, 1.165) is 12.1 Å². The third-order valence-electron chi connectivity index (χ3n) is 1.68. The van der Waals surface area contributed by atoms with Gasteiger partial charge in [0.25, 0.3) is 0 Å². The maximum Gasteiger partial charge on any atom is 0.164 e. The van der Waals surface area contributed by atoms with Crippen LogP contribution in [0.3, 0.4) is 0 Å². The Bertz CT molecular complexity index is 313. The Hall–Kier alpha value is -1.29. The van der Waals surface area contributed by atoms with Crippen molar-refractivity contribution in [3.05, 3.63) is 23.5 Å². The lowest BCUT2D eigenvalue weighted by molar-refractivity contribution is 0.357. The molecule has 1 aromatic rings. The van der Waals surface area contributed by atoms with Gasteiger partial charge in [0.2, 0.25) is 0 Å². The van der Waals surface area contributed by atoms with Gasteiger partial charge in [-0.3, -0.25) is 0 Å². The first-order valence-corrected chi connectivity index (χ1v) is 3.86. The zero-order valence-corrected chi connectivity index (χ0v) is 7.58. The minimum atomic E-state index is -0.510. The highest BCUT2D eigenvalue weighted by molar-refractivity contribution is 5.45. The smallest absolute Gasteiger partial charge is 0.164 e. The summed E-state index contributed by atoms with van der Waals surface area (Å²) in [5.41, 5.74) is 0.116. The summed E-state index contributed by atoms with van der Waals surface area (Å²) < 4.78 is 13.1. The van der Waals surface area contributed by atoms with Crippen LogP contribution < -0.4 is 0 Å². The molecule has 0 aliphatic rings. The van der Waals surface area contributed by atoms with Crippen molar-refractivity contribution in [3.8, 4) is 11.5 Å². The number of rotatable bonds is 2. The van der Waals surface area contributed by atoms with Crippen molar-refractivity contribution in [1.82, 2.24) is 4.90 Å². The van der Waals surface area contributed by atoms with Gasteiger partial charge in [-0.15, -0.1) is 0 Å². The van der Waals surface area contributed by atoms with Gasteiger partial charge in [-0.25, -0.2) is 4.39 Å². The molecule has 0 aromatic heterocycles. The molecule has 0 saturated carbocycles. The number of phenols is 2. The monoisotopic (exact) mass is 185 g/mol. The van der Waals surface area contributed by atoms with E-state index >= 15 is 0 Å². The van der Waals surface area contributed by atoms with E-state index < -0.39 is 5.82 Å². The number of nitrogens with zero attached hydrogens (tertiary/aromatic N) is 1. The molecule has 4 heteroatoms. The number of hydrogen-bond donors (Lipinski definition) is 2. The van der Waals surface area contributed by atoms with Crippen molar-refractivity contribution < 1.29 is 14.6 Å². The summed E-state index contributed by atoms with van der Waals surface area (Å²) in [6.45, 7) is 0.256. The van der Waals surface area contributed by atoms with Crippen LogP contribution in [0.15, 0.2) is 12.1 Å². The summed E-state index contributed by atoms with van der Waals surface area (Å²) in [4.78, 5) is 1.71. The van der Waals surface area contributed by atoms with Crippen molar-refractivity contribution in [2.45, 2.75) is 6.54 Å². The molecule has 1 rings (SSSR count). The van der Waals surface area contributed by atoms with Crippen LogP contribution in [0.2, 0.25) is 0 Å². The topological polar surface area (TPSA) is 43.7 Å². The number of benzene rings is 1. The average molecular weight is 185 g/mol. The third kappa shape index (κ3) is 2.09. The molecular formula is C9H12FNO2. The molecule has 0 saturated heterocycles. The quantitative estimate of drug-likeness (QED) is 0.682. The molecule has 2 N–H and O–H groups in total. The lowest BCUT2D eigenvalue weighted by Gasteiger charge is -2.12. The Morgan fingerprint density at radius 3 is 2.46 bits per heavy atom. The van der Waals surface area contributed by atoms with E-state index in [0.29, 0.717) is 0 Å². The molecule has 0 aliphatic carbocycles. The predicted octanol–water partition coefficient (Wildman–Crippen LogP) is 1.30. The lowest BCUT2D eigenvalue weighted by atomic mass is 10.1. The van der Waals surface area contributed by atoms with Gasteiger partial charge in [0, 0.05) is 12.1 Å². The number of hydrogen-bond acceptors (Lipinski definition) is 3. The predicted molar refractivity (Wildman–Crippen MR) is 47.1 cm³/mol. The summed E-state index contributed by atoms with van der Waals surface area (Å²) in [5, 5.41) is 18.4. The standard InChI is InChI=1S/C9H12FNO2/c1-11(2)5-6-7(10)3-4-8(12)9(6)13/h3-4,12-13H,5H2,1-2H3. The highest BCUT2D eigenvalue weighted by Crippen LogP contribution is 2.30. The summed E-state index contributed by atoms with van der Waals surface area (Å²) in [6, 6.07) is 2.26. The van der Waals surface area contributed by atoms with Crippen molar-refractivity contribution in [3.63, 3.8) is 0 Å². The molecule has 0 radical (unpaired) electrons. The van der Waals surface area contributed by atoms with Crippen molar-refractivity contribution >= 4 is 0 Å². The zero-order valence-electron chi connectivity index (χ0n) is 7.58. The highest BCUT2D eigenvalue weighted by atomic mass is 19.1. The van der Waals surface area contributed by atoms with E-state index in [1.807, 2.05) is 0 Å². The van der Waals surface area contributed by atoms with Crippen LogP contribution in [0.4, 0.5) is 4.39 Å². The lowest BCUT2D eigenvalue weighted by Crippen LogP contribution is -2.12. The van der Waals surface area contributed by atoms with Crippen LogP contribution in [-0.4, -0.2) is 29.2 Å². The Balaban J connectivity index is 3.10. The molecule has 1 aromatic carbocycles. The zero-order chi connectivity index (χ0) is 10.0. The maximum atomic E-state index is 13.1. The van der Waals surface area contributed by atoms with Gasteiger partial charge in [-0.05, 0) is 26.2 Å². The summed E-state index contributed by atoms with van der Waals surface area (Å²) in [5.74, 6) is -1.18. The second kappa shape index (κ2) is 3.62. The first kappa shape index (κ1) is 9.80. The Morgan fingerprint density at radius 1 is 1.31 bits per heavy atom. The van der Waals surface area contributed by atoms with Crippen molar-refractivity contribution in [1.29, 1.82) is 0 Å². The fourth-order valence-electron chi connectivity index (χ4n) is 1.07. The Morgan fingerprint density at radius 2 is 1.92 bits per heavy atom. The van der Waals surface area contributed by atoms with E-state index in [9.17, 15) is 9.50 Å². The number of halogens is 1. The average Bonchev–Trinajstić information content (AvgIpc) is 2.05. The number of phenolic OH excluding ortho intramolecular Hbond substituents is 2. The van der Waals surface area contributed by atoms with E-state index in [4.69, 9.17) is 5.11 Å². The highest BCUT2D eigenvalue weighted by Gasteiger charge is 2.12. The van der Waals surface area contributed by atoms with Crippen LogP contribution >= 0.6 is 0 Å². The van der Waals surface area contributed by atoms with Gasteiger partial charge in [-0.2, -0.15) is 0 Å². The summed E-state index contributed by atoms with van der Waals surface area (Å²) >= 11 is 0. The van der Waals surface area contributed by atoms with Gasteiger partial charge in [0.05, 0.1) is 0 Å². The van der Waals surface area contributed by atoms with Crippen LogP contribution in [0.1, 0.15) is 5.56 Å². The van der Waals surface area contributed by atoms with E-state index in [1.54, 1.807) is 19.0 Å². The van der Waals surface area contributed by atoms with Crippen molar-refractivity contribution in [2.24, 2.45) is 0 Å². The SMILES string of the molecule is CN(C)Cc1c(F)ccc(O)c1O. The van der Waals surface area contributed by atoms with Gasteiger partial charge in [0.1, 0.15) is 5.82 Å². The largest absolute Gasteiger partial charge is 0.504 e. The first-order valence-electron chi connectivity index (χ1n) is 3.86. The van der Waals surface area contributed by atoms with Crippen LogP contribution in [0, 0.1) is 5.82 Å². The Kier molecular flexibility index (Phi) is 2.72. The molecule has 0 fully saturated rings. The van der Waals surface area contributed by atoms with Crippen LogP contribution in [0.25, 0.3) is 0 Å². The normalized spacial score (nSPS) is 10.8. The molecule has 72 valence electrons. The Labute approximate surface area is 76.0 Å². The molecule has 0 amide bonds. The van der Waals surface area contributed by atoms with E-state index in [2.05, 4.69) is 0 Å². The molecule has 0 heterocycles. The second-order valence-corrected chi connectivity index (χ2v) is 3.13. The van der Waals surface area contributed by atoms with Gasteiger partial charge >= 0.3 is 0 Å². The minimum Gasteiger partial charge on any atom is -0.504 e. The molecule has 0 spiro atoms. The third-order valence-corrected chi connectivity index (χ3v) is 1.68. The van der Waals surface area contributed by atoms with Crippen molar-refractivity contribution in [2.75, 3.05) is 14.1 Å². The minimum absolute atomic E-state index is 0.116. The van der Waals surface area contributed by atoms with Gasteiger partial charge in [0.15, 0.2) is 11.5 Å². The van der Waals surface area contributed by atoms with E-state index in [1.165, 1.54) is 0 Å². The summed E-state index contributed by atoms with van der Waals surface area (Å²) in [6.07, 6.45) is 0. The van der Waals surface area contributed by atoms with Crippen LogP contribution in [-0.2, 0) is 6.54 Å². The second-order valence-electron chi connectivity index (χ2n) is 3.13. The molecular weight excluding hydrogens is 173 g/mol. The molecule has 0 bridgehead atoms. The van der Waals surface area contributed by atoms with E-state index in [-0.39, 0.29) is 23.6 Å². The molecule has 0 unspecified atom stereocenters. The fraction of sp³-hybridized carbons (Fsp3) is 0.333. The molecule has 0 aliphatic heterocycles. The van der Waals surface area contributed by atoms with Gasteiger partial charge in [-0.1, -0.05) is 0 Å².